The molecule has 0 saturated heterocycles. The van der Waals surface area contributed by atoms with Crippen molar-refractivity contribution in [1.82, 2.24) is 24.8 Å². The van der Waals surface area contributed by atoms with Gasteiger partial charge in [-0.05, 0) is 53.5 Å². The second-order valence-electron chi connectivity index (χ2n) is 7.63. The number of hydrogen-bond acceptors (Lipinski definition) is 6. The smallest absolute Gasteiger partial charge is 0.235 e. The van der Waals surface area contributed by atoms with Crippen LogP contribution in [0.3, 0.4) is 0 Å². The molecule has 1 N–H and O–H groups in total. The number of nitrogens with one attached hydrogen (secondary N) is 1. The second-order valence-corrected chi connectivity index (χ2v) is 8.58. The van der Waals surface area contributed by atoms with Crippen molar-refractivity contribution in [2.24, 2.45) is 5.92 Å². The van der Waals surface area contributed by atoms with E-state index in [0.717, 1.165) is 16.8 Å². The van der Waals surface area contributed by atoms with Gasteiger partial charge in [0.2, 0.25) is 11.1 Å². The van der Waals surface area contributed by atoms with Crippen molar-refractivity contribution in [3.05, 3.63) is 52.5 Å². The molecule has 3 aromatic rings. The summed E-state index contributed by atoms with van der Waals surface area (Å²) in [6, 6.07) is 8.34. The zero-order chi connectivity index (χ0) is 22.5. The average Bonchev–Trinajstić information content (AvgIpc) is 3.25. The predicted octanol–water partition coefficient (Wildman–Crippen LogP) is 3.54. The van der Waals surface area contributed by atoms with E-state index in [4.69, 9.17) is 0 Å². The van der Waals surface area contributed by atoms with Crippen molar-refractivity contribution in [2.45, 2.75) is 45.9 Å². The summed E-state index contributed by atoms with van der Waals surface area (Å²) in [6.07, 6.45) is 0. The van der Waals surface area contributed by atoms with Crippen molar-refractivity contribution in [2.75, 3.05) is 11.1 Å². The first-order valence-corrected chi connectivity index (χ1v) is 10.8. The topological polar surface area (TPSA) is 101 Å². The average molecular weight is 442 g/mol. The van der Waals surface area contributed by atoms with Crippen LogP contribution in [0.15, 0.2) is 29.4 Å². The lowest BCUT2D eigenvalue weighted by Crippen LogP contribution is -2.19. The zero-order valence-corrected chi connectivity index (χ0v) is 18.7. The first kappa shape index (κ1) is 22.5. The SMILES string of the molecule is Cc1c(C#N)c(NC(=O)CSc2nnnn2CC(C)C)n(Cc2ccc(F)cc2)c1C. The van der Waals surface area contributed by atoms with E-state index in [1.807, 2.05) is 18.4 Å². The number of anilines is 1. The minimum absolute atomic E-state index is 0.100. The van der Waals surface area contributed by atoms with Crippen molar-refractivity contribution >= 4 is 23.5 Å². The zero-order valence-electron chi connectivity index (χ0n) is 17.9. The third kappa shape index (κ3) is 5.30. The summed E-state index contributed by atoms with van der Waals surface area (Å²) in [5.41, 5.74) is 2.95. The van der Waals surface area contributed by atoms with Crippen molar-refractivity contribution in [1.29, 1.82) is 5.26 Å². The van der Waals surface area contributed by atoms with E-state index in [-0.39, 0.29) is 17.5 Å². The molecule has 1 amide bonds. The number of tetrazole rings is 1. The Morgan fingerprint density at radius 3 is 2.65 bits per heavy atom. The molecule has 8 nitrogen and oxygen atoms in total. The molecule has 0 radical (unpaired) electrons. The lowest BCUT2D eigenvalue weighted by atomic mass is 10.2. The normalized spacial score (nSPS) is 11.0. The minimum Gasteiger partial charge on any atom is -0.326 e. The number of thioether (sulfide) groups is 1. The van der Waals surface area contributed by atoms with Crippen LogP contribution in [0.1, 0.15) is 36.2 Å². The van der Waals surface area contributed by atoms with Crippen LogP contribution in [-0.4, -0.2) is 36.4 Å². The summed E-state index contributed by atoms with van der Waals surface area (Å²) in [7, 11) is 0. The summed E-state index contributed by atoms with van der Waals surface area (Å²) in [5, 5.41) is 24.7. The molecule has 3 rings (SSSR count). The number of nitriles is 1. The van der Waals surface area contributed by atoms with Gasteiger partial charge in [-0.1, -0.05) is 37.7 Å². The first-order valence-electron chi connectivity index (χ1n) is 9.83. The molecule has 0 atom stereocenters. The van der Waals surface area contributed by atoms with Gasteiger partial charge < -0.3 is 9.88 Å². The van der Waals surface area contributed by atoms with Gasteiger partial charge in [-0.2, -0.15) is 5.26 Å². The van der Waals surface area contributed by atoms with E-state index >= 15 is 0 Å². The van der Waals surface area contributed by atoms with E-state index in [0.29, 0.717) is 35.5 Å². The van der Waals surface area contributed by atoms with Crippen LogP contribution in [0.2, 0.25) is 0 Å². The summed E-state index contributed by atoms with van der Waals surface area (Å²) in [5.74, 6) is 0.332. The van der Waals surface area contributed by atoms with Gasteiger partial charge >= 0.3 is 0 Å². The van der Waals surface area contributed by atoms with Gasteiger partial charge in [0.1, 0.15) is 17.7 Å². The van der Waals surface area contributed by atoms with Crippen molar-refractivity contribution in [3.8, 4) is 6.07 Å². The highest BCUT2D eigenvalue weighted by molar-refractivity contribution is 7.99. The van der Waals surface area contributed by atoms with E-state index in [1.165, 1.54) is 23.9 Å². The molecule has 0 fully saturated rings. The highest BCUT2D eigenvalue weighted by atomic mass is 32.2. The lowest BCUT2D eigenvalue weighted by molar-refractivity contribution is -0.113. The number of hydrogen-bond donors (Lipinski definition) is 1. The number of aromatic nitrogens is 5. The monoisotopic (exact) mass is 441 g/mol. The maximum atomic E-state index is 13.3. The summed E-state index contributed by atoms with van der Waals surface area (Å²) in [4.78, 5) is 12.7. The Balaban J connectivity index is 1.78. The lowest BCUT2D eigenvalue weighted by Gasteiger charge is -2.13. The van der Waals surface area contributed by atoms with E-state index in [2.05, 4.69) is 40.8 Å². The maximum absolute atomic E-state index is 13.3. The number of rotatable bonds is 8. The molecule has 0 bridgehead atoms. The molecule has 0 saturated carbocycles. The van der Waals surface area contributed by atoms with E-state index in [9.17, 15) is 14.4 Å². The Morgan fingerprint density at radius 2 is 2.00 bits per heavy atom. The largest absolute Gasteiger partial charge is 0.326 e. The molecule has 2 heterocycles. The Hall–Kier alpha value is -3.19. The molecule has 0 aliphatic heterocycles. The molecular formula is C21H24FN7OS. The number of benzene rings is 1. The molecular weight excluding hydrogens is 417 g/mol. The quantitative estimate of drug-likeness (QED) is 0.537. The molecule has 31 heavy (non-hydrogen) atoms. The number of carbonyl (C=O) groups excluding carboxylic acids is 1. The van der Waals surface area contributed by atoms with Gasteiger partial charge in [-0.25, -0.2) is 9.07 Å². The van der Waals surface area contributed by atoms with E-state index < -0.39 is 0 Å². The molecule has 0 unspecified atom stereocenters. The molecule has 10 heteroatoms. The summed E-state index contributed by atoms with van der Waals surface area (Å²) < 4.78 is 16.8. The van der Waals surface area contributed by atoms with Gasteiger partial charge in [0.05, 0.1) is 11.3 Å². The molecule has 0 spiro atoms. The van der Waals surface area contributed by atoms with Gasteiger partial charge in [0.25, 0.3) is 0 Å². The number of halogens is 1. The van der Waals surface area contributed by atoms with Gasteiger partial charge in [-0.3, -0.25) is 4.79 Å². The van der Waals surface area contributed by atoms with Crippen LogP contribution < -0.4 is 5.32 Å². The molecule has 162 valence electrons. The van der Waals surface area contributed by atoms with Gasteiger partial charge in [-0.15, -0.1) is 5.10 Å². The molecule has 0 aliphatic carbocycles. The molecule has 0 aliphatic rings. The number of nitrogens with zero attached hydrogens (tertiary/aromatic N) is 6. The van der Waals surface area contributed by atoms with Crippen LogP contribution >= 0.6 is 11.8 Å². The summed E-state index contributed by atoms with van der Waals surface area (Å²) >= 11 is 1.24. The fourth-order valence-corrected chi connectivity index (χ4v) is 3.85. The molecule has 2 aromatic heterocycles. The fourth-order valence-electron chi connectivity index (χ4n) is 3.16. The Kier molecular flexibility index (Phi) is 7.07. The molecule has 1 aromatic carbocycles. The van der Waals surface area contributed by atoms with Crippen LogP contribution in [-0.2, 0) is 17.9 Å². The fraction of sp³-hybridized carbons (Fsp3) is 0.381. The third-order valence-electron chi connectivity index (χ3n) is 4.82. The predicted molar refractivity (Wildman–Crippen MR) is 116 cm³/mol. The van der Waals surface area contributed by atoms with Gasteiger partial charge in [0.15, 0.2) is 0 Å². The van der Waals surface area contributed by atoms with Crippen LogP contribution in [0.4, 0.5) is 10.2 Å². The highest BCUT2D eigenvalue weighted by Crippen LogP contribution is 2.28. The van der Waals surface area contributed by atoms with Crippen LogP contribution in [0, 0.1) is 36.9 Å². The van der Waals surface area contributed by atoms with Crippen LogP contribution in [0.5, 0.6) is 0 Å². The number of carbonyl (C=O) groups is 1. The Bertz CT molecular complexity index is 1110. The van der Waals surface area contributed by atoms with E-state index in [1.54, 1.807) is 16.8 Å². The minimum atomic E-state index is -0.313. The third-order valence-corrected chi connectivity index (χ3v) is 5.78. The number of amides is 1. The standard InChI is InChI=1S/C21H24FN7OS/c1-13(2)10-29-21(25-26-27-29)31-12-19(30)24-20-18(9-23)14(3)15(4)28(20)11-16-5-7-17(22)8-6-16/h5-8,13H,10-12H2,1-4H3,(H,24,30). The van der Waals surface area contributed by atoms with Crippen LogP contribution in [0.25, 0.3) is 0 Å². The Morgan fingerprint density at radius 1 is 1.29 bits per heavy atom. The van der Waals surface area contributed by atoms with Crippen molar-refractivity contribution in [3.63, 3.8) is 0 Å². The van der Waals surface area contributed by atoms with Crippen molar-refractivity contribution < 1.29 is 9.18 Å². The second kappa shape index (κ2) is 9.75. The first-order chi connectivity index (χ1) is 14.8. The Labute approximate surface area is 184 Å². The maximum Gasteiger partial charge on any atom is 0.235 e. The van der Waals surface area contributed by atoms with Gasteiger partial charge in [0, 0.05) is 18.8 Å². The highest BCUT2D eigenvalue weighted by Gasteiger charge is 2.20. The summed E-state index contributed by atoms with van der Waals surface area (Å²) in [6.45, 7) is 8.93.